The van der Waals surface area contributed by atoms with Crippen molar-refractivity contribution in [3.63, 3.8) is 0 Å². The molecule has 0 saturated carbocycles. The van der Waals surface area contributed by atoms with Crippen LogP contribution in [-0.2, 0) is 6.54 Å². The summed E-state index contributed by atoms with van der Waals surface area (Å²) in [6.07, 6.45) is 0. The molecule has 0 amide bonds. The molecular formula is C14H19BrN4O. The summed E-state index contributed by atoms with van der Waals surface area (Å²) in [5, 5.41) is 14.3. The minimum Gasteiger partial charge on any atom is -0.389 e. The summed E-state index contributed by atoms with van der Waals surface area (Å²) in [7, 11) is 1.90. The lowest BCUT2D eigenvalue weighted by Gasteiger charge is -2.26. The third kappa shape index (κ3) is 4.05. The minimum absolute atomic E-state index is 0.479. The first-order valence-electron chi connectivity index (χ1n) is 6.43. The fourth-order valence-corrected chi connectivity index (χ4v) is 2.45. The second-order valence-corrected chi connectivity index (χ2v) is 6.20. The third-order valence-electron chi connectivity index (χ3n) is 2.77. The van der Waals surface area contributed by atoms with Crippen molar-refractivity contribution in [2.75, 3.05) is 18.5 Å². The number of hydrogen-bond donors (Lipinski definition) is 1. The molecule has 20 heavy (non-hydrogen) atoms. The van der Waals surface area contributed by atoms with Gasteiger partial charge >= 0.3 is 0 Å². The van der Waals surface area contributed by atoms with E-state index in [9.17, 15) is 5.11 Å². The Balaban J connectivity index is 2.22. The van der Waals surface area contributed by atoms with Crippen molar-refractivity contribution in [2.45, 2.75) is 26.0 Å². The molecule has 0 fully saturated rings. The standard InChI is InChI=1S/C14H19BrN4O/c1-14(2,20)10-18(3)13-16-12(15)17-19(13)9-11-7-5-4-6-8-11/h4-8,20H,9-10H2,1-3H3. The zero-order valence-electron chi connectivity index (χ0n) is 11.9. The Morgan fingerprint density at radius 3 is 2.55 bits per heavy atom. The van der Waals surface area contributed by atoms with Gasteiger partial charge in [0.05, 0.1) is 12.1 Å². The van der Waals surface area contributed by atoms with E-state index in [1.807, 2.05) is 34.8 Å². The maximum absolute atomic E-state index is 9.93. The highest BCUT2D eigenvalue weighted by Crippen LogP contribution is 2.17. The largest absolute Gasteiger partial charge is 0.389 e. The van der Waals surface area contributed by atoms with Gasteiger partial charge in [-0.25, -0.2) is 4.68 Å². The van der Waals surface area contributed by atoms with Crippen LogP contribution >= 0.6 is 15.9 Å². The van der Waals surface area contributed by atoms with Gasteiger partial charge in [0.2, 0.25) is 10.7 Å². The van der Waals surface area contributed by atoms with Gasteiger partial charge in [0.1, 0.15) is 0 Å². The lowest BCUT2D eigenvalue weighted by Crippen LogP contribution is -2.37. The van der Waals surface area contributed by atoms with Gasteiger partial charge in [-0.1, -0.05) is 30.3 Å². The minimum atomic E-state index is -0.787. The molecule has 108 valence electrons. The molecule has 6 heteroatoms. The first kappa shape index (κ1) is 15.0. The van der Waals surface area contributed by atoms with Gasteiger partial charge in [-0.2, -0.15) is 4.98 Å². The summed E-state index contributed by atoms with van der Waals surface area (Å²) in [6.45, 7) is 4.67. The first-order chi connectivity index (χ1) is 9.35. The zero-order chi connectivity index (χ0) is 14.8. The highest BCUT2D eigenvalue weighted by Gasteiger charge is 2.20. The topological polar surface area (TPSA) is 54.2 Å². The van der Waals surface area contributed by atoms with E-state index >= 15 is 0 Å². The zero-order valence-corrected chi connectivity index (χ0v) is 13.5. The number of likely N-dealkylation sites (N-methyl/N-ethyl adjacent to an activating group) is 1. The number of aliphatic hydroxyl groups is 1. The molecular weight excluding hydrogens is 320 g/mol. The molecule has 1 heterocycles. The molecule has 5 nitrogen and oxygen atoms in total. The quantitative estimate of drug-likeness (QED) is 0.908. The lowest BCUT2D eigenvalue weighted by atomic mass is 10.1. The SMILES string of the molecule is CN(CC(C)(C)O)c1nc(Br)nn1Cc1ccccc1. The van der Waals surface area contributed by atoms with Crippen LogP contribution in [-0.4, -0.2) is 39.1 Å². The van der Waals surface area contributed by atoms with Crippen molar-refractivity contribution in [2.24, 2.45) is 0 Å². The normalized spacial score (nSPS) is 11.7. The van der Waals surface area contributed by atoms with Crippen molar-refractivity contribution in [1.82, 2.24) is 14.8 Å². The molecule has 1 aromatic heterocycles. The second kappa shape index (κ2) is 5.93. The van der Waals surface area contributed by atoms with Crippen LogP contribution in [0.1, 0.15) is 19.4 Å². The van der Waals surface area contributed by atoms with E-state index in [-0.39, 0.29) is 0 Å². The number of benzene rings is 1. The van der Waals surface area contributed by atoms with Crippen molar-refractivity contribution < 1.29 is 5.11 Å². The van der Waals surface area contributed by atoms with Gasteiger partial charge in [0.25, 0.3) is 0 Å². The van der Waals surface area contributed by atoms with E-state index in [4.69, 9.17) is 0 Å². The van der Waals surface area contributed by atoms with E-state index in [1.165, 1.54) is 0 Å². The van der Waals surface area contributed by atoms with Crippen LogP contribution in [0.15, 0.2) is 35.1 Å². The van der Waals surface area contributed by atoms with Crippen LogP contribution in [0.3, 0.4) is 0 Å². The van der Waals surface area contributed by atoms with Crippen molar-refractivity contribution in [3.8, 4) is 0 Å². The Morgan fingerprint density at radius 1 is 1.30 bits per heavy atom. The van der Waals surface area contributed by atoms with Crippen LogP contribution in [0.4, 0.5) is 5.95 Å². The number of rotatable bonds is 5. The highest BCUT2D eigenvalue weighted by atomic mass is 79.9. The van der Waals surface area contributed by atoms with E-state index in [0.29, 0.717) is 17.8 Å². The van der Waals surface area contributed by atoms with Crippen molar-refractivity contribution in [1.29, 1.82) is 0 Å². The Hall–Kier alpha value is -1.40. The fraction of sp³-hybridized carbons (Fsp3) is 0.429. The number of aromatic nitrogens is 3. The number of nitrogens with zero attached hydrogens (tertiary/aromatic N) is 4. The Labute approximate surface area is 127 Å². The lowest BCUT2D eigenvalue weighted by molar-refractivity contribution is 0.0881. The molecule has 0 aliphatic carbocycles. The van der Waals surface area contributed by atoms with Gasteiger partial charge < -0.3 is 10.0 Å². The Morgan fingerprint density at radius 2 is 1.95 bits per heavy atom. The molecule has 0 saturated heterocycles. The van der Waals surface area contributed by atoms with E-state index < -0.39 is 5.60 Å². The number of halogens is 1. The van der Waals surface area contributed by atoms with E-state index in [2.05, 4.69) is 38.1 Å². The summed E-state index contributed by atoms with van der Waals surface area (Å²) < 4.78 is 2.37. The summed E-state index contributed by atoms with van der Waals surface area (Å²) in [6, 6.07) is 10.1. The first-order valence-corrected chi connectivity index (χ1v) is 7.22. The summed E-state index contributed by atoms with van der Waals surface area (Å²) in [5.41, 5.74) is 0.368. The molecule has 1 N–H and O–H groups in total. The third-order valence-corrected chi connectivity index (χ3v) is 3.10. The van der Waals surface area contributed by atoms with Crippen LogP contribution < -0.4 is 4.90 Å². The van der Waals surface area contributed by atoms with Gasteiger partial charge in [0.15, 0.2) is 0 Å². The fourth-order valence-electron chi connectivity index (χ4n) is 2.10. The monoisotopic (exact) mass is 338 g/mol. The molecule has 2 rings (SSSR count). The van der Waals surface area contributed by atoms with Crippen molar-refractivity contribution in [3.05, 3.63) is 40.6 Å². The molecule has 0 spiro atoms. The predicted molar refractivity (Wildman–Crippen MR) is 82.8 cm³/mol. The summed E-state index contributed by atoms with van der Waals surface area (Å²) >= 11 is 3.31. The average Bonchev–Trinajstić information content (AvgIpc) is 2.69. The van der Waals surface area contributed by atoms with Gasteiger partial charge in [-0.15, -0.1) is 5.10 Å². The van der Waals surface area contributed by atoms with E-state index in [1.54, 1.807) is 13.8 Å². The van der Waals surface area contributed by atoms with Crippen LogP contribution in [0.2, 0.25) is 0 Å². The molecule has 2 aromatic rings. The van der Waals surface area contributed by atoms with Gasteiger partial charge in [-0.3, -0.25) is 0 Å². The summed E-state index contributed by atoms with van der Waals surface area (Å²) in [5.74, 6) is 0.725. The predicted octanol–water partition coefficient (Wildman–Crippen LogP) is 2.30. The number of anilines is 1. The molecule has 0 radical (unpaired) electrons. The maximum atomic E-state index is 9.93. The highest BCUT2D eigenvalue weighted by molar-refractivity contribution is 9.10. The number of hydrogen-bond acceptors (Lipinski definition) is 4. The van der Waals surface area contributed by atoms with Crippen LogP contribution in [0, 0.1) is 0 Å². The average molecular weight is 339 g/mol. The summed E-state index contributed by atoms with van der Waals surface area (Å²) in [4.78, 5) is 6.28. The molecule has 0 aliphatic rings. The molecule has 0 atom stereocenters. The molecule has 0 aliphatic heterocycles. The van der Waals surface area contributed by atoms with Gasteiger partial charge in [0, 0.05) is 13.6 Å². The Kier molecular flexibility index (Phi) is 4.45. The van der Waals surface area contributed by atoms with Crippen LogP contribution in [0.5, 0.6) is 0 Å². The van der Waals surface area contributed by atoms with Crippen LogP contribution in [0.25, 0.3) is 0 Å². The van der Waals surface area contributed by atoms with E-state index in [0.717, 1.165) is 11.5 Å². The Bertz CT molecular complexity index is 562. The van der Waals surface area contributed by atoms with Crippen molar-refractivity contribution >= 4 is 21.9 Å². The molecule has 0 unspecified atom stereocenters. The van der Waals surface area contributed by atoms with Gasteiger partial charge in [-0.05, 0) is 35.3 Å². The maximum Gasteiger partial charge on any atom is 0.224 e. The molecule has 0 bridgehead atoms. The smallest absolute Gasteiger partial charge is 0.224 e. The molecule has 1 aromatic carbocycles. The second-order valence-electron chi connectivity index (χ2n) is 5.49.